The van der Waals surface area contributed by atoms with Crippen LogP contribution in [-0.2, 0) is 16.6 Å². The zero-order chi connectivity index (χ0) is 10.8. The number of nitrogens with zero attached hydrogens (tertiary/aromatic N) is 3. The van der Waals surface area contributed by atoms with E-state index in [1.165, 1.54) is 28.7 Å². The van der Waals surface area contributed by atoms with Crippen molar-refractivity contribution >= 4 is 10.2 Å². The zero-order valence-electron chi connectivity index (χ0n) is 8.64. The minimum Gasteiger partial charge on any atom is -0.244 e. The van der Waals surface area contributed by atoms with Gasteiger partial charge in [0, 0.05) is 20.3 Å². The van der Waals surface area contributed by atoms with Crippen LogP contribution in [0.25, 0.3) is 0 Å². The molecule has 6 heteroatoms. The van der Waals surface area contributed by atoms with Gasteiger partial charge in [0.15, 0.2) is 0 Å². The van der Waals surface area contributed by atoms with E-state index in [1.807, 2.05) is 6.92 Å². The van der Waals surface area contributed by atoms with Crippen molar-refractivity contribution in [3.8, 4) is 0 Å². The Labute approximate surface area is 84.6 Å². The highest BCUT2D eigenvalue weighted by atomic mass is 32.2. The highest BCUT2D eigenvalue weighted by Gasteiger charge is 2.18. The van der Waals surface area contributed by atoms with E-state index < -0.39 is 10.2 Å². The molecule has 0 N–H and O–H groups in total. The number of hydrogen-bond donors (Lipinski definition) is 0. The minimum atomic E-state index is -3.40. The van der Waals surface area contributed by atoms with Gasteiger partial charge in [-0.3, -0.25) is 0 Å². The van der Waals surface area contributed by atoms with Crippen molar-refractivity contribution in [1.82, 2.24) is 13.3 Å². The van der Waals surface area contributed by atoms with E-state index in [2.05, 4.69) is 4.98 Å². The van der Waals surface area contributed by atoms with Gasteiger partial charge in [0.1, 0.15) is 6.33 Å². The van der Waals surface area contributed by atoms with Crippen LogP contribution < -0.4 is 0 Å². The van der Waals surface area contributed by atoms with Crippen LogP contribution in [0.5, 0.6) is 0 Å². The molecule has 1 rings (SSSR count). The Morgan fingerprint density at radius 2 is 2.14 bits per heavy atom. The van der Waals surface area contributed by atoms with E-state index in [-0.39, 0.29) is 0 Å². The summed E-state index contributed by atoms with van der Waals surface area (Å²) in [7, 11) is -0.389. The fourth-order valence-electron chi connectivity index (χ4n) is 1.13. The Hall–Kier alpha value is -0.880. The highest BCUT2D eigenvalue weighted by molar-refractivity contribution is 7.87. The monoisotopic (exact) mass is 217 g/mol. The molecule has 0 aromatic carbocycles. The quantitative estimate of drug-likeness (QED) is 0.737. The SMILES string of the molecule is CCCc1cncn1S(=O)(=O)N(C)C. The molecule has 0 spiro atoms. The molecule has 1 heterocycles. The van der Waals surface area contributed by atoms with Crippen LogP contribution in [0.15, 0.2) is 12.5 Å². The summed E-state index contributed by atoms with van der Waals surface area (Å²) in [5.41, 5.74) is 0.723. The molecule has 0 aliphatic heterocycles. The van der Waals surface area contributed by atoms with E-state index in [1.54, 1.807) is 6.20 Å². The maximum absolute atomic E-state index is 11.7. The van der Waals surface area contributed by atoms with Crippen LogP contribution in [0.3, 0.4) is 0 Å². The summed E-state index contributed by atoms with van der Waals surface area (Å²) >= 11 is 0. The van der Waals surface area contributed by atoms with Gasteiger partial charge in [0.05, 0.1) is 5.69 Å². The van der Waals surface area contributed by atoms with Crippen molar-refractivity contribution in [2.75, 3.05) is 14.1 Å². The third-order valence-electron chi connectivity index (χ3n) is 1.89. The molecule has 0 unspecified atom stereocenters. The molecule has 0 bridgehead atoms. The third kappa shape index (κ3) is 1.96. The van der Waals surface area contributed by atoms with Crippen LogP contribution in [0.2, 0.25) is 0 Å². The number of aryl methyl sites for hydroxylation is 1. The van der Waals surface area contributed by atoms with E-state index >= 15 is 0 Å². The molecule has 0 radical (unpaired) electrons. The lowest BCUT2D eigenvalue weighted by Gasteiger charge is -2.13. The molecular formula is C8H15N3O2S. The summed E-state index contributed by atoms with van der Waals surface area (Å²) in [6, 6.07) is 0. The standard InChI is InChI=1S/C8H15N3O2S/c1-4-5-8-6-9-7-11(8)14(12,13)10(2)3/h6-7H,4-5H2,1-3H3. The average Bonchev–Trinajstić information content (AvgIpc) is 2.53. The average molecular weight is 217 g/mol. The molecule has 80 valence electrons. The molecule has 0 saturated carbocycles. The summed E-state index contributed by atoms with van der Waals surface area (Å²) < 4.78 is 25.9. The van der Waals surface area contributed by atoms with E-state index in [0.29, 0.717) is 6.42 Å². The summed E-state index contributed by atoms with van der Waals surface area (Å²) in [4.78, 5) is 3.85. The fourth-order valence-corrected chi connectivity index (χ4v) is 2.09. The van der Waals surface area contributed by atoms with Crippen LogP contribution in [-0.4, -0.2) is 35.8 Å². The molecule has 14 heavy (non-hydrogen) atoms. The van der Waals surface area contributed by atoms with Crippen molar-refractivity contribution in [3.05, 3.63) is 18.2 Å². The third-order valence-corrected chi connectivity index (χ3v) is 3.64. The van der Waals surface area contributed by atoms with Gasteiger partial charge in [-0.1, -0.05) is 13.3 Å². The first-order valence-electron chi connectivity index (χ1n) is 4.44. The summed E-state index contributed by atoms with van der Waals surface area (Å²) in [6.07, 6.45) is 4.53. The second-order valence-corrected chi connectivity index (χ2v) is 5.24. The van der Waals surface area contributed by atoms with Crippen LogP contribution in [0.4, 0.5) is 0 Å². The smallest absolute Gasteiger partial charge is 0.244 e. The van der Waals surface area contributed by atoms with Crippen molar-refractivity contribution < 1.29 is 8.42 Å². The summed E-state index contributed by atoms with van der Waals surface area (Å²) in [5, 5.41) is 0. The van der Waals surface area contributed by atoms with Gasteiger partial charge in [0.25, 0.3) is 0 Å². The molecule has 0 fully saturated rings. The maximum Gasteiger partial charge on any atom is 0.308 e. The van der Waals surface area contributed by atoms with Crippen LogP contribution in [0.1, 0.15) is 19.0 Å². The molecule has 1 aromatic rings. The summed E-state index contributed by atoms with van der Waals surface area (Å²) in [5.74, 6) is 0. The second-order valence-electron chi connectivity index (χ2n) is 3.22. The molecule has 0 saturated heterocycles. The summed E-state index contributed by atoms with van der Waals surface area (Å²) in [6.45, 7) is 2.00. The largest absolute Gasteiger partial charge is 0.308 e. The molecule has 0 aliphatic rings. The maximum atomic E-state index is 11.7. The fraction of sp³-hybridized carbons (Fsp3) is 0.625. The molecule has 1 aromatic heterocycles. The van der Waals surface area contributed by atoms with E-state index in [0.717, 1.165) is 12.1 Å². The van der Waals surface area contributed by atoms with Gasteiger partial charge in [-0.15, -0.1) is 0 Å². The normalized spacial score (nSPS) is 12.3. The van der Waals surface area contributed by atoms with Crippen molar-refractivity contribution in [3.63, 3.8) is 0 Å². The Balaban J connectivity index is 3.13. The number of hydrogen-bond acceptors (Lipinski definition) is 3. The number of aromatic nitrogens is 2. The second kappa shape index (κ2) is 4.10. The Morgan fingerprint density at radius 1 is 1.50 bits per heavy atom. The Morgan fingerprint density at radius 3 is 2.64 bits per heavy atom. The zero-order valence-corrected chi connectivity index (χ0v) is 9.45. The lowest BCUT2D eigenvalue weighted by Crippen LogP contribution is -2.29. The van der Waals surface area contributed by atoms with E-state index in [9.17, 15) is 8.42 Å². The van der Waals surface area contributed by atoms with Crippen molar-refractivity contribution in [1.29, 1.82) is 0 Å². The van der Waals surface area contributed by atoms with Gasteiger partial charge < -0.3 is 0 Å². The first-order chi connectivity index (χ1) is 6.50. The Kier molecular flexibility index (Phi) is 3.28. The first kappa shape index (κ1) is 11.2. The van der Waals surface area contributed by atoms with Gasteiger partial charge in [0.2, 0.25) is 0 Å². The number of imidazole rings is 1. The molecule has 0 aliphatic carbocycles. The predicted octanol–water partition coefficient (Wildman–Crippen LogP) is 0.490. The van der Waals surface area contributed by atoms with Gasteiger partial charge in [-0.2, -0.15) is 12.7 Å². The highest BCUT2D eigenvalue weighted by Crippen LogP contribution is 2.08. The van der Waals surface area contributed by atoms with Crippen LogP contribution in [0, 0.1) is 0 Å². The van der Waals surface area contributed by atoms with Crippen molar-refractivity contribution in [2.45, 2.75) is 19.8 Å². The predicted molar refractivity (Wildman–Crippen MR) is 54.2 cm³/mol. The van der Waals surface area contributed by atoms with E-state index in [4.69, 9.17) is 0 Å². The van der Waals surface area contributed by atoms with Crippen LogP contribution >= 0.6 is 0 Å². The lowest BCUT2D eigenvalue weighted by atomic mass is 10.3. The van der Waals surface area contributed by atoms with Crippen molar-refractivity contribution in [2.24, 2.45) is 0 Å². The van der Waals surface area contributed by atoms with Gasteiger partial charge in [-0.25, -0.2) is 8.96 Å². The first-order valence-corrected chi connectivity index (χ1v) is 5.84. The minimum absolute atomic E-state index is 0.715. The van der Waals surface area contributed by atoms with Gasteiger partial charge in [-0.05, 0) is 6.42 Å². The molecule has 5 nitrogen and oxygen atoms in total. The lowest BCUT2D eigenvalue weighted by molar-refractivity contribution is 0.508. The van der Waals surface area contributed by atoms with Gasteiger partial charge >= 0.3 is 10.2 Å². The molecule has 0 amide bonds. The number of rotatable bonds is 4. The molecular weight excluding hydrogens is 202 g/mol. The topological polar surface area (TPSA) is 55.2 Å². The Bertz CT molecular complexity index is 394. The molecule has 0 atom stereocenters.